The Balaban J connectivity index is 2.85. The third-order valence-electron chi connectivity index (χ3n) is 4.02. The lowest BCUT2D eigenvalue weighted by Crippen LogP contribution is -2.46. The van der Waals surface area contributed by atoms with Crippen molar-refractivity contribution < 1.29 is 13.2 Å². The SMILES string of the molecule is CCCCC(C)(CCCC)NC(=O)c1ccc(S(N)(=O)=O)cc1. The average molecular weight is 340 g/mol. The van der Waals surface area contributed by atoms with Crippen LogP contribution in [0.25, 0.3) is 0 Å². The molecule has 0 aliphatic rings. The summed E-state index contributed by atoms with van der Waals surface area (Å²) in [7, 11) is -3.74. The van der Waals surface area contributed by atoms with Crippen molar-refractivity contribution in [1.82, 2.24) is 5.32 Å². The van der Waals surface area contributed by atoms with Crippen molar-refractivity contribution in [3.05, 3.63) is 29.8 Å². The van der Waals surface area contributed by atoms with Gasteiger partial charge in [0.1, 0.15) is 0 Å². The normalized spacial score (nSPS) is 12.2. The molecule has 5 nitrogen and oxygen atoms in total. The van der Waals surface area contributed by atoms with Crippen LogP contribution in [0.5, 0.6) is 0 Å². The van der Waals surface area contributed by atoms with E-state index in [2.05, 4.69) is 26.1 Å². The molecule has 3 N–H and O–H groups in total. The Hall–Kier alpha value is -1.40. The maximum Gasteiger partial charge on any atom is 0.251 e. The van der Waals surface area contributed by atoms with E-state index in [0.717, 1.165) is 38.5 Å². The number of carbonyl (C=O) groups excluding carboxylic acids is 1. The van der Waals surface area contributed by atoms with Gasteiger partial charge in [0.2, 0.25) is 10.0 Å². The van der Waals surface area contributed by atoms with Crippen molar-refractivity contribution in [2.75, 3.05) is 0 Å². The zero-order chi connectivity index (χ0) is 17.5. The summed E-state index contributed by atoms with van der Waals surface area (Å²) in [6.07, 6.45) is 6.16. The fourth-order valence-electron chi connectivity index (χ4n) is 2.53. The van der Waals surface area contributed by atoms with Crippen molar-refractivity contribution in [2.45, 2.75) is 69.7 Å². The van der Waals surface area contributed by atoms with Gasteiger partial charge in [0.25, 0.3) is 5.91 Å². The Labute approximate surface area is 139 Å². The van der Waals surface area contributed by atoms with Gasteiger partial charge in [0.05, 0.1) is 4.90 Å². The van der Waals surface area contributed by atoms with E-state index in [1.807, 2.05) is 0 Å². The third kappa shape index (κ3) is 6.31. The molecule has 0 bridgehead atoms. The van der Waals surface area contributed by atoms with Gasteiger partial charge in [0, 0.05) is 11.1 Å². The van der Waals surface area contributed by atoms with Crippen molar-refractivity contribution in [1.29, 1.82) is 0 Å². The van der Waals surface area contributed by atoms with Crippen LogP contribution in [0.3, 0.4) is 0 Å². The summed E-state index contributed by atoms with van der Waals surface area (Å²) in [4.78, 5) is 12.5. The number of nitrogens with one attached hydrogen (secondary N) is 1. The lowest BCUT2D eigenvalue weighted by Gasteiger charge is -2.31. The maximum absolute atomic E-state index is 12.5. The molecule has 0 aliphatic carbocycles. The second-order valence-electron chi connectivity index (χ2n) is 6.29. The number of benzene rings is 1. The van der Waals surface area contributed by atoms with Gasteiger partial charge in [-0.2, -0.15) is 0 Å². The van der Waals surface area contributed by atoms with E-state index in [1.165, 1.54) is 24.3 Å². The summed E-state index contributed by atoms with van der Waals surface area (Å²) >= 11 is 0. The Morgan fingerprint density at radius 2 is 1.57 bits per heavy atom. The first kappa shape index (κ1) is 19.6. The highest BCUT2D eigenvalue weighted by molar-refractivity contribution is 7.89. The molecule has 1 aromatic rings. The van der Waals surface area contributed by atoms with Gasteiger partial charge >= 0.3 is 0 Å². The van der Waals surface area contributed by atoms with Crippen LogP contribution in [0, 0.1) is 0 Å². The van der Waals surface area contributed by atoms with Gasteiger partial charge in [-0.1, -0.05) is 39.5 Å². The Morgan fingerprint density at radius 1 is 1.09 bits per heavy atom. The molecule has 0 radical (unpaired) electrons. The van der Waals surface area contributed by atoms with Crippen molar-refractivity contribution in [3.8, 4) is 0 Å². The maximum atomic E-state index is 12.5. The number of rotatable bonds is 9. The number of amides is 1. The molecule has 6 heteroatoms. The highest BCUT2D eigenvalue weighted by Gasteiger charge is 2.25. The van der Waals surface area contributed by atoms with Gasteiger partial charge in [0.15, 0.2) is 0 Å². The minimum atomic E-state index is -3.74. The molecule has 1 rings (SSSR count). The van der Waals surface area contributed by atoms with Crippen LogP contribution in [-0.2, 0) is 10.0 Å². The molecule has 0 unspecified atom stereocenters. The van der Waals surface area contributed by atoms with E-state index in [4.69, 9.17) is 5.14 Å². The quantitative estimate of drug-likeness (QED) is 0.723. The van der Waals surface area contributed by atoms with Crippen LogP contribution in [0.15, 0.2) is 29.2 Å². The molecule has 0 aromatic heterocycles. The molecule has 0 atom stereocenters. The monoisotopic (exact) mass is 340 g/mol. The lowest BCUT2D eigenvalue weighted by atomic mass is 9.88. The smallest absolute Gasteiger partial charge is 0.251 e. The molecule has 0 saturated heterocycles. The summed E-state index contributed by atoms with van der Waals surface area (Å²) in [5, 5.41) is 8.18. The molecule has 0 aliphatic heterocycles. The minimum absolute atomic E-state index is 0.00813. The van der Waals surface area contributed by atoms with Crippen LogP contribution in [0.4, 0.5) is 0 Å². The number of hydrogen-bond donors (Lipinski definition) is 2. The fourth-order valence-corrected chi connectivity index (χ4v) is 3.04. The molecule has 1 amide bonds. The van der Waals surface area contributed by atoms with Crippen LogP contribution in [0.1, 0.15) is 69.7 Å². The number of sulfonamides is 1. The first-order valence-corrected chi connectivity index (χ1v) is 9.72. The molecule has 23 heavy (non-hydrogen) atoms. The molecule has 0 saturated carbocycles. The van der Waals surface area contributed by atoms with Crippen LogP contribution in [0.2, 0.25) is 0 Å². The zero-order valence-corrected chi connectivity index (χ0v) is 15.1. The van der Waals surface area contributed by atoms with Gasteiger partial charge in [-0.05, 0) is 44.0 Å². The second-order valence-corrected chi connectivity index (χ2v) is 7.85. The fraction of sp³-hybridized carbons (Fsp3) is 0.588. The van der Waals surface area contributed by atoms with Crippen LogP contribution in [-0.4, -0.2) is 19.9 Å². The Bertz CT molecular complexity index is 601. The summed E-state index contributed by atoms with van der Waals surface area (Å²) in [6.45, 7) is 6.34. The molecule has 130 valence electrons. The molecule has 1 aromatic carbocycles. The number of unbranched alkanes of at least 4 members (excludes halogenated alkanes) is 2. The molecular formula is C17H28N2O3S. The van der Waals surface area contributed by atoms with Gasteiger partial charge in [-0.15, -0.1) is 0 Å². The third-order valence-corrected chi connectivity index (χ3v) is 4.95. The van der Waals surface area contributed by atoms with Gasteiger partial charge in [-0.25, -0.2) is 13.6 Å². The van der Waals surface area contributed by atoms with Crippen LogP contribution >= 0.6 is 0 Å². The van der Waals surface area contributed by atoms with E-state index in [1.54, 1.807) is 0 Å². The van der Waals surface area contributed by atoms with Gasteiger partial charge in [-0.3, -0.25) is 4.79 Å². The highest BCUT2D eigenvalue weighted by atomic mass is 32.2. The van der Waals surface area contributed by atoms with E-state index < -0.39 is 10.0 Å². The van der Waals surface area contributed by atoms with Crippen molar-refractivity contribution >= 4 is 15.9 Å². The molecule has 0 fully saturated rings. The zero-order valence-electron chi connectivity index (χ0n) is 14.3. The minimum Gasteiger partial charge on any atom is -0.347 e. The average Bonchev–Trinajstić information content (AvgIpc) is 2.50. The van der Waals surface area contributed by atoms with E-state index in [-0.39, 0.29) is 16.3 Å². The topological polar surface area (TPSA) is 89.3 Å². The highest BCUT2D eigenvalue weighted by Crippen LogP contribution is 2.22. The number of hydrogen-bond acceptors (Lipinski definition) is 3. The number of primary sulfonamides is 1. The molecule has 0 heterocycles. The van der Waals surface area contributed by atoms with Crippen LogP contribution < -0.4 is 10.5 Å². The number of carbonyl (C=O) groups is 1. The van der Waals surface area contributed by atoms with E-state index >= 15 is 0 Å². The first-order valence-electron chi connectivity index (χ1n) is 8.17. The summed E-state index contributed by atoms with van der Waals surface area (Å²) < 4.78 is 22.5. The summed E-state index contributed by atoms with van der Waals surface area (Å²) in [6, 6.07) is 5.71. The predicted molar refractivity (Wildman–Crippen MR) is 92.7 cm³/mol. The summed E-state index contributed by atoms with van der Waals surface area (Å²) in [5.74, 6) is -0.180. The largest absolute Gasteiger partial charge is 0.347 e. The first-order chi connectivity index (χ1) is 10.7. The Morgan fingerprint density at radius 3 is 1.96 bits per heavy atom. The van der Waals surface area contributed by atoms with E-state index in [9.17, 15) is 13.2 Å². The Kier molecular flexibility index (Phi) is 7.22. The van der Waals surface area contributed by atoms with Gasteiger partial charge < -0.3 is 5.32 Å². The molecular weight excluding hydrogens is 312 g/mol. The van der Waals surface area contributed by atoms with E-state index in [0.29, 0.717) is 5.56 Å². The standard InChI is InChI=1S/C17H28N2O3S/c1-4-6-12-17(3,13-7-5-2)19-16(20)14-8-10-15(11-9-14)23(18,21)22/h8-11H,4-7,12-13H2,1-3H3,(H,19,20)(H2,18,21,22). The second kappa shape index (κ2) is 8.45. The number of nitrogens with two attached hydrogens (primary N) is 1. The van der Waals surface area contributed by atoms with Crippen molar-refractivity contribution in [2.24, 2.45) is 5.14 Å². The lowest BCUT2D eigenvalue weighted by molar-refractivity contribution is 0.0893. The summed E-state index contributed by atoms with van der Waals surface area (Å²) in [5.41, 5.74) is 0.207. The molecule has 0 spiro atoms. The predicted octanol–water partition coefficient (Wildman–Crippen LogP) is 3.20. The van der Waals surface area contributed by atoms with Crippen molar-refractivity contribution in [3.63, 3.8) is 0 Å².